The molecule has 0 saturated heterocycles. The molecule has 0 unspecified atom stereocenters. The molecule has 0 radical (unpaired) electrons. The van der Waals surface area contributed by atoms with Crippen molar-refractivity contribution in [1.82, 2.24) is 4.98 Å². The fourth-order valence-electron chi connectivity index (χ4n) is 1.65. The molecule has 0 spiro atoms. The van der Waals surface area contributed by atoms with Crippen molar-refractivity contribution >= 4 is 23.0 Å². The van der Waals surface area contributed by atoms with Crippen molar-refractivity contribution < 1.29 is 4.74 Å². The van der Waals surface area contributed by atoms with E-state index in [1.54, 1.807) is 19.5 Å². The molecule has 0 aliphatic carbocycles. The normalized spacial score (nSPS) is 10.1. The van der Waals surface area contributed by atoms with Crippen LogP contribution in [0, 0.1) is 0 Å². The van der Waals surface area contributed by atoms with Gasteiger partial charge >= 0.3 is 0 Å². The van der Waals surface area contributed by atoms with Crippen molar-refractivity contribution in [2.24, 2.45) is 0 Å². The average Bonchev–Trinajstić information content (AvgIpc) is 2.38. The summed E-state index contributed by atoms with van der Waals surface area (Å²) < 4.78 is 5.28. The molecule has 0 saturated carbocycles. The molecule has 0 bridgehead atoms. The molecule has 1 aromatic heterocycles. The molecule has 1 heterocycles. The monoisotopic (exact) mass is 263 g/mol. The number of pyridine rings is 1. The zero-order valence-corrected chi connectivity index (χ0v) is 10.7. The second-order valence-electron chi connectivity index (χ2n) is 3.78. The first-order valence-electron chi connectivity index (χ1n) is 5.46. The maximum absolute atomic E-state index is 6.01. The first-order chi connectivity index (χ1) is 8.70. The summed E-state index contributed by atoms with van der Waals surface area (Å²) in [5.41, 5.74) is 8.27. The first-order valence-corrected chi connectivity index (χ1v) is 5.84. The topological polar surface area (TPSA) is 60.2 Å². The van der Waals surface area contributed by atoms with Crippen LogP contribution in [0.4, 0.5) is 11.4 Å². The Morgan fingerprint density at radius 1 is 1.39 bits per heavy atom. The van der Waals surface area contributed by atoms with E-state index in [4.69, 9.17) is 22.1 Å². The van der Waals surface area contributed by atoms with Gasteiger partial charge in [0.05, 0.1) is 17.8 Å². The minimum absolute atomic E-state index is 0.581. The molecule has 3 N–H and O–H groups in total. The third-order valence-corrected chi connectivity index (χ3v) is 2.85. The average molecular weight is 264 g/mol. The Kier molecular flexibility index (Phi) is 3.89. The van der Waals surface area contributed by atoms with E-state index in [1.165, 1.54) is 0 Å². The van der Waals surface area contributed by atoms with Crippen LogP contribution in [-0.4, -0.2) is 12.1 Å². The highest BCUT2D eigenvalue weighted by molar-refractivity contribution is 6.33. The van der Waals surface area contributed by atoms with E-state index in [0.717, 1.165) is 17.0 Å². The van der Waals surface area contributed by atoms with Crippen molar-refractivity contribution in [1.29, 1.82) is 0 Å². The lowest BCUT2D eigenvalue weighted by atomic mass is 10.1. The third kappa shape index (κ3) is 2.84. The zero-order chi connectivity index (χ0) is 13.0. The van der Waals surface area contributed by atoms with Crippen LogP contribution < -0.4 is 15.8 Å². The van der Waals surface area contributed by atoms with Crippen LogP contribution in [0.3, 0.4) is 0 Å². The molecule has 1 aromatic carbocycles. The molecule has 5 heteroatoms. The van der Waals surface area contributed by atoms with Gasteiger partial charge in [-0.05, 0) is 24.3 Å². The van der Waals surface area contributed by atoms with Gasteiger partial charge in [0.15, 0.2) is 0 Å². The SMILES string of the molecule is COc1ccc(N)cc1CNc1ccncc1Cl. The second-order valence-corrected chi connectivity index (χ2v) is 4.19. The fraction of sp³-hybridized carbons (Fsp3) is 0.154. The van der Waals surface area contributed by atoms with Crippen molar-refractivity contribution in [3.63, 3.8) is 0 Å². The lowest BCUT2D eigenvalue weighted by Crippen LogP contribution is -2.03. The van der Waals surface area contributed by atoms with Crippen molar-refractivity contribution in [2.75, 3.05) is 18.2 Å². The van der Waals surface area contributed by atoms with Gasteiger partial charge in [0, 0.05) is 30.2 Å². The summed E-state index contributed by atoms with van der Waals surface area (Å²) >= 11 is 6.01. The van der Waals surface area contributed by atoms with E-state index < -0.39 is 0 Å². The van der Waals surface area contributed by atoms with E-state index in [2.05, 4.69) is 10.3 Å². The van der Waals surface area contributed by atoms with Crippen molar-refractivity contribution in [3.8, 4) is 5.75 Å². The number of nitrogens with zero attached hydrogens (tertiary/aromatic N) is 1. The number of aromatic nitrogens is 1. The van der Waals surface area contributed by atoms with Crippen molar-refractivity contribution in [2.45, 2.75) is 6.54 Å². The Hall–Kier alpha value is -1.94. The number of nitrogens with two attached hydrogens (primary N) is 1. The largest absolute Gasteiger partial charge is 0.496 e. The van der Waals surface area contributed by atoms with Gasteiger partial charge in [-0.3, -0.25) is 4.98 Å². The fourth-order valence-corrected chi connectivity index (χ4v) is 1.83. The Bertz CT molecular complexity index is 546. The smallest absolute Gasteiger partial charge is 0.123 e. The number of methoxy groups -OCH3 is 1. The second kappa shape index (κ2) is 5.60. The predicted octanol–water partition coefficient (Wildman–Crippen LogP) is 2.94. The van der Waals surface area contributed by atoms with Crippen LogP contribution in [0.2, 0.25) is 5.02 Å². The molecule has 4 nitrogen and oxygen atoms in total. The summed E-state index contributed by atoms with van der Waals surface area (Å²) in [5, 5.41) is 3.81. The van der Waals surface area contributed by atoms with Gasteiger partial charge in [-0.2, -0.15) is 0 Å². The van der Waals surface area contributed by atoms with Crippen LogP contribution in [-0.2, 0) is 6.54 Å². The molecule has 94 valence electrons. The molecule has 0 fully saturated rings. The van der Waals surface area contributed by atoms with Crippen LogP contribution in [0.15, 0.2) is 36.7 Å². The van der Waals surface area contributed by atoms with Crippen LogP contribution in [0.5, 0.6) is 5.75 Å². The van der Waals surface area contributed by atoms with Gasteiger partial charge in [0.2, 0.25) is 0 Å². The Balaban J connectivity index is 2.15. The molecule has 18 heavy (non-hydrogen) atoms. The first kappa shape index (κ1) is 12.5. The van der Waals surface area contributed by atoms with Crippen molar-refractivity contribution in [3.05, 3.63) is 47.2 Å². The van der Waals surface area contributed by atoms with Crippen LogP contribution in [0.25, 0.3) is 0 Å². The highest BCUT2D eigenvalue weighted by Crippen LogP contribution is 2.24. The molecular weight excluding hydrogens is 250 g/mol. The van der Waals surface area contributed by atoms with E-state index in [-0.39, 0.29) is 0 Å². The van der Waals surface area contributed by atoms with Gasteiger partial charge in [-0.1, -0.05) is 11.6 Å². The molecule has 0 amide bonds. The summed E-state index contributed by atoms with van der Waals surface area (Å²) in [6, 6.07) is 7.35. The number of ether oxygens (including phenoxy) is 1. The maximum Gasteiger partial charge on any atom is 0.123 e. The Morgan fingerprint density at radius 3 is 2.94 bits per heavy atom. The quantitative estimate of drug-likeness (QED) is 0.833. The lowest BCUT2D eigenvalue weighted by Gasteiger charge is -2.12. The van der Waals surface area contributed by atoms with Crippen LogP contribution in [0.1, 0.15) is 5.56 Å². The van der Waals surface area contributed by atoms with Gasteiger partial charge in [-0.25, -0.2) is 0 Å². The van der Waals surface area contributed by atoms with Crippen LogP contribution >= 0.6 is 11.6 Å². The van der Waals surface area contributed by atoms with E-state index >= 15 is 0 Å². The van der Waals surface area contributed by atoms with Gasteiger partial charge in [0.1, 0.15) is 5.75 Å². The standard InChI is InChI=1S/C13H14ClN3O/c1-18-13-3-2-10(15)6-9(13)7-17-12-4-5-16-8-11(12)14/h2-6,8H,7,15H2,1H3,(H,16,17). The van der Waals surface area contributed by atoms with E-state index in [9.17, 15) is 0 Å². The number of rotatable bonds is 4. The number of benzene rings is 1. The lowest BCUT2D eigenvalue weighted by molar-refractivity contribution is 0.410. The molecule has 2 aromatic rings. The number of anilines is 2. The van der Waals surface area contributed by atoms with Gasteiger partial charge in [0.25, 0.3) is 0 Å². The maximum atomic E-state index is 6.01. The predicted molar refractivity (Wildman–Crippen MR) is 74.0 cm³/mol. The molecule has 0 aliphatic rings. The molecule has 0 aliphatic heterocycles. The number of nitrogen functional groups attached to an aromatic ring is 1. The third-order valence-electron chi connectivity index (χ3n) is 2.55. The Morgan fingerprint density at radius 2 is 2.22 bits per heavy atom. The molecular formula is C13H14ClN3O. The summed E-state index contributed by atoms with van der Waals surface area (Å²) in [4.78, 5) is 3.93. The number of nitrogens with one attached hydrogen (secondary N) is 1. The number of halogens is 1. The van der Waals surface area contributed by atoms with E-state index in [1.807, 2.05) is 24.3 Å². The van der Waals surface area contributed by atoms with Gasteiger partial charge in [-0.15, -0.1) is 0 Å². The Labute approximate surface area is 111 Å². The number of hydrogen-bond donors (Lipinski definition) is 2. The summed E-state index contributed by atoms with van der Waals surface area (Å²) in [5.74, 6) is 0.793. The minimum atomic E-state index is 0.581. The summed E-state index contributed by atoms with van der Waals surface area (Å²) in [7, 11) is 1.63. The summed E-state index contributed by atoms with van der Waals surface area (Å²) in [6.45, 7) is 0.581. The highest BCUT2D eigenvalue weighted by atomic mass is 35.5. The molecule has 0 atom stereocenters. The van der Waals surface area contributed by atoms with Gasteiger partial charge < -0.3 is 15.8 Å². The number of hydrogen-bond acceptors (Lipinski definition) is 4. The minimum Gasteiger partial charge on any atom is -0.496 e. The zero-order valence-electron chi connectivity index (χ0n) is 9.98. The van der Waals surface area contributed by atoms with E-state index in [0.29, 0.717) is 17.3 Å². The molecule has 2 rings (SSSR count). The highest BCUT2D eigenvalue weighted by Gasteiger charge is 2.04. The summed E-state index contributed by atoms with van der Waals surface area (Å²) in [6.07, 6.45) is 3.28.